The summed E-state index contributed by atoms with van der Waals surface area (Å²) in [5, 5.41) is 14.2. The van der Waals surface area contributed by atoms with Crippen LogP contribution in [0, 0.1) is 0 Å². The van der Waals surface area contributed by atoms with E-state index in [-0.39, 0.29) is 11.8 Å². The van der Waals surface area contributed by atoms with Crippen LogP contribution in [0.25, 0.3) is 10.9 Å². The number of carbonyl (C=O) groups excluding carboxylic acids is 2. The molecular formula is C23H25N3O3. The number of aliphatic hydroxyl groups excluding tert-OH is 1. The second-order valence-corrected chi connectivity index (χ2v) is 7.44. The predicted octanol–water partition coefficient (Wildman–Crippen LogP) is 2.90. The number of likely N-dealkylation sites (tertiary alicyclic amines) is 1. The van der Waals surface area contributed by atoms with Crippen molar-refractivity contribution < 1.29 is 14.7 Å². The first-order valence-electron chi connectivity index (χ1n) is 9.98. The van der Waals surface area contributed by atoms with Crippen molar-refractivity contribution >= 4 is 22.7 Å². The fourth-order valence-electron chi connectivity index (χ4n) is 3.94. The quantitative estimate of drug-likeness (QED) is 0.579. The summed E-state index contributed by atoms with van der Waals surface area (Å²) in [6, 6.07) is 16.9. The summed E-state index contributed by atoms with van der Waals surface area (Å²) in [6.45, 7) is 0.772. The van der Waals surface area contributed by atoms with Gasteiger partial charge in [-0.1, -0.05) is 48.5 Å². The van der Waals surface area contributed by atoms with Crippen LogP contribution >= 0.6 is 0 Å². The molecule has 2 heterocycles. The van der Waals surface area contributed by atoms with Gasteiger partial charge in [-0.05, 0) is 30.0 Å². The van der Waals surface area contributed by atoms with Gasteiger partial charge < -0.3 is 20.3 Å². The number of carbonyl (C=O) groups is 2. The molecule has 4 rings (SSSR count). The van der Waals surface area contributed by atoms with Crippen LogP contribution in [0.1, 0.15) is 36.5 Å². The summed E-state index contributed by atoms with van der Waals surface area (Å²) in [5.41, 5.74) is 2.86. The van der Waals surface area contributed by atoms with Crippen LogP contribution < -0.4 is 5.32 Å². The Kier molecular flexibility index (Phi) is 5.62. The lowest BCUT2D eigenvalue weighted by atomic mass is 10.1. The number of amides is 2. The molecule has 150 valence electrons. The number of benzene rings is 2. The molecule has 29 heavy (non-hydrogen) atoms. The summed E-state index contributed by atoms with van der Waals surface area (Å²) < 4.78 is 0. The van der Waals surface area contributed by atoms with E-state index in [9.17, 15) is 14.7 Å². The summed E-state index contributed by atoms with van der Waals surface area (Å²) >= 11 is 0. The molecule has 6 nitrogen and oxygen atoms in total. The van der Waals surface area contributed by atoms with Gasteiger partial charge in [0, 0.05) is 36.6 Å². The maximum absolute atomic E-state index is 12.7. The molecule has 6 heteroatoms. The van der Waals surface area contributed by atoms with Gasteiger partial charge in [0.2, 0.25) is 11.8 Å². The number of aromatic nitrogens is 1. The molecule has 2 atom stereocenters. The molecule has 2 amide bonds. The lowest BCUT2D eigenvalue weighted by Gasteiger charge is -2.24. The number of rotatable bonds is 7. The third-order valence-corrected chi connectivity index (χ3v) is 5.55. The Morgan fingerprint density at radius 2 is 1.93 bits per heavy atom. The molecule has 2 aromatic carbocycles. The van der Waals surface area contributed by atoms with Crippen LogP contribution in [-0.2, 0) is 16.1 Å². The molecule has 1 aliphatic rings. The number of nitrogens with one attached hydrogen (secondary N) is 2. The largest absolute Gasteiger partial charge is 0.388 e. The molecule has 1 aliphatic heterocycles. The van der Waals surface area contributed by atoms with Gasteiger partial charge in [-0.15, -0.1) is 0 Å². The minimum atomic E-state index is -0.621. The van der Waals surface area contributed by atoms with Crippen molar-refractivity contribution in [1.29, 1.82) is 0 Å². The fourth-order valence-corrected chi connectivity index (χ4v) is 3.94. The topological polar surface area (TPSA) is 85.4 Å². The highest BCUT2D eigenvalue weighted by molar-refractivity contribution is 5.91. The molecule has 0 radical (unpaired) electrons. The number of H-pyrrole nitrogens is 1. The van der Waals surface area contributed by atoms with Gasteiger partial charge in [0.1, 0.15) is 6.04 Å². The SMILES string of the molecule is O=C(NCCC(O)c1ccccc1)C1CCC(=O)N1Cc1c[nH]c2ccccc12. The first kappa shape index (κ1) is 19.2. The number of para-hydroxylation sites is 1. The van der Waals surface area contributed by atoms with Crippen LogP contribution in [-0.4, -0.2) is 39.4 Å². The third kappa shape index (κ3) is 4.17. The molecule has 0 saturated carbocycles. The first-order valence-corrected chi connectivity index (χ1v) is 9.98. The Hall–Kier alpha value is -3.12. The average Bonchev–Trinajstić information content (AvgIpc) is 3.33. The Labute approximate surface area is 169 Å². The van der Waals surface area contributed by atoms with E-state index in [0.29, 0.717) is 32.4 Å². The zero-order valence-corrected chi connectivity index (χ0v) is 16.2. The number of nitrogens with zero attached hydrogens (tertiary/aromatic N) is 1. The van der Waals surface area contributed by atoms with Crippen molar-refractivity contribution in [3.63, 3.8) is 0 Å². The molecule has 0 spiro atoms. The van der Waals surface area contributed by atoms with E-state index in [1.54, 1.807) is 4.90 Å². The van der Waals surface area contributed by atoms with Crippen molar-refractivity contribution in [3.05, 3.63) is 71.9 Å². The molecule has 2 unspecified atom stereocenters. The number of aromatic amines is 1. The highest BCUT2D eigenvalue weighted by Gasteiger charge is 2.36. The van der Waals surface area contributed by atoms with Crippen LogP contribution in [0.15, 0.2) is 60.8 Å². The Morgan fingerprint density at radius 3 is 2.76 bits per heavy atom. The van der Waals surface area contributed by atoms with E-state index < -0.39 is 12.1 Å². The zero-order valence-electron chi connectivity index (χ0n) is 16.2. The van der Waals surface area contributed by atoms with E-state index >= 15 is 0 Å². The molecular weight excluding hydrogens is 366 g/mol. The molecule has 1 fully saturated rings. The highest BCUT2D eigenvalue weighted by Crippen LogP contribution is 2.25. The standard InChI is InChI=1S/C23H25N3O3/c27-21(16-6-2-1-3-7-16)12-13-24-23(29)20-10-11-22(28)26(20)15-17-14-25-19-9-5-4-8-18(17)19/h1-9,14,20-21,25,27H,10-13,15H2,(H,24,29). The Bertz CT molecular complexity index is 999. The van der Waals surface area contributed by atoms with Crippen LogP contribution in [0.5, 0.6) is 0 Å². The van der Waals surface area contributed by atoms with E-state index in [2.05, 4.69) is 10.3 Å². The minimum absolute atomic E-state index is 0.000230. The molecule has 3 N–H and O–H groups in total. The average molecular weight is 391 g/mol. The molecule has 0 bridgehead atoms. The number of fused-ring (bicyclic) bond motifs is 1. The zero-order chi connectivity index (χ0) is 20.2. The molecule has 0 aliphatic carbocycles. The van der Waals surface area contributed by atoms with Crippen molar-refractivity contribution in [2.75, 3.05) is 6.54 Å². The summed E-state index contributed by atoms with van der Waals surface area (Å²) in [5.74, 6) is -0.157. The molecule has 3 aromatic rings. The summed E-state index contributed by atoms with van der Waals surface area (Å²) in [4.78, 5) is 30.0. The van der Waals surface area contributed by atoms with Gasteiger partial charge in [-0.3, -0.25) is 9.59 Å². The number of hydrogen-bond donors (Lipinski definition) is 3. The number of aliphatic hydroxyl groups is 1. The maximum atomic E-state index is 12.7. The monoisotopic (exact) mass is 391 g/mol. The fraction of sp³-hybridized carbons (Fsp3) is 0.304. The van der Waals surface area contributed by atoms with Crippen LogP contribution in [0.2, 0.25) is 0 Å². The Balaban J connectivity index is 1.36. The predicted molar refractivity (Wildman–Crippen MR) is 111 cm³/mol. The summed E-state index contributed by atoms with van der Waals surface area (Å²) in [6.07, 6.45) is 2.62. The van der Waals surface area contributed by atoms with E-state index in [0.717, 1.165) is 22.0 Å². The van der Waals surface area contributed by atoms with E-state index in [1.165, 1.54) is 0 Å². The van der Waals surface area contributed by atoms with Crippen LogP contribution in [0.4, 0.5) is 0 Å². The Morgan fingerprint density at radius 1 is 1.17 bits per heavy atom. The van der Waals surface area contributed by atoms with E-state index in [4.69, 9.17) is 0 Å². The van der Waals surface area contributed by atoms with Gasteiger partial charge in [0.15, 0.2) is 0 Å². The van der Waals surface area contributed by atoms with Gasteiger partial charge in [0.05, 0.1) is 6.10 Å². The van der Waals surface area contributed by atoms with Crippen LogP contribution in [0.3, 0.4) is 0 Å². The molecule has 1 saturated heterocycles. The lowest BCUT2D eigenvalue weighted by Crippen LogP contribution is -2.44. The van der Waals surface area contributed by atoms with Gasteiger partial charge >= 0.3 is 0 Å². The van der Waals surface area contributed by atoms with Crippen molar-refractivity contribution in [2.24, 2.45) is 0 Å². The van der Waals surface area contributed by atoms with Crippen molar-refractivity contribution in [3.8, 4) is 0 Å². The first-order chi connectivity index (χ1) is 14.1. The lowest BCUT2D eigenvalue weighted by molar-refractivity contribution is -0.135. The number of hydrogen-bond acceptors (Lipinski definition) is 3. The minimum Gasteiger partial charge on any atom is -0.388 e. The van der Waals surface area contributed by atoms with E-state index in [1.807, 2.05) is 60.8 Å². The second kappa shape index (κ2) is 8.49. The highest BCUT2D eigenvalue weighted by atomic mass is 16.3. The van der Waals surface area contributed by atoms with Crippen molar-refractivity contribution in [2.45, 2.75) is 38.0 Å². The van der Waals surface area contributed by atoms with Gasteiger partial charge in [-0.25, -0.2) is 0 Å². The maximum Gasteiger partial charge on any atom is 0.242 e. The third-order valence-electron chi connectivity index (χ3n) is 5.55. The second-order valence-electron chi connectivity index (χ2n) is 7.44. The smallest absolute Gasteiger partial charge is 0.242 e. The van der Waals surface area contributed by atoms with Crippen molar-refractivity contribution in [1.82, 2.24) is 15.2 Å². The van der Waals surface area contributed by atoms with Gasteiger partial charge in [0.25, 0.3) is 0 Å². The normalized spacial score (nSPS) is 17.6. The molecule has 1 aromatic heterocycles. The summed E-state index contributed by atoms with van der Waals surface area (Å²) in [7, 11) is 0. The van der Waals surface area contributed by atoms with Gasteiger partial charge in [-0.2, -0.15) is 0 Å².